The van der Waals surface area contributed by atoms with Crippen molar-refractivity contribution in [1.29, 1.82) is 0 Å². The molecule has 0 spiro atoms. The van der Waals surface area contributed by atoms with E-state index in [2.05, 4.69) is 28.6 Å². The van der Waals surface area contributed by atoms with Crippen molar-refractivity contribution in [2.24, 2.45) is 11.5 Å². The Morgan fingerprint density at radius 3 is 2.22 bits per heavy atom. The predicted molar refractivity (Wildman–Crippen MR) is 103 cm³/mol. The Morgan fingerprint density at radius 2 is 1.74 bits per heavy atom. The Balaban J connectivity index is 4.73. The van der Waals surface area contributed by atoms with Crippen LogP contribution >= 0.6 is 24.4 Å². The van der Waals surface area contributed by atoms with E-state index in [4.69, 9.17) is 16.6 Å². The molecular formula is C14H25N5O6S2. The molecule has 0 saturated heterocycles. The van der Waals surface area contributed by atoms with Crippen LogP contribution in [0.4, 0.5) is 0 Å². The molecule has 0 radical (unpaired) electrons. The minimum absolute atomic E-state index is 0.112. The summed E-state index contributed by atoms with van der Waals surface area (Å²) in [6.07, 6.45) is 1.70. The van der Waals surface area contributed by atoms with Crippen molar-refractivity contribution in [3.8, 4) is 0 Å². The summed E-state index contributed by atoms with van der Waals surface area (Å²) in [5, 5.41) is 15.8. The SMILES string of the molecule is CSCCC(NC(=O)C(N)CC(N)=O)C(=O)NCC(=O)NC(CS)C(=O)O. The van der Waals surface area contributed by atoms with Crippen molar-refractivity contribution in [2.45, 2.75) is 31.0 Å². The van der Waals surface area contributed by atoms with Gasteiger partial charge in [-0.15, -0.1) is 0 Å². The van der Waals surface area contributed by atoms with Crippen LogP contribution in [0.5, 0.6) is 0 Å². The first kappa shape index (κ1) is 25.0. The molecule has 0 fully saturated rings. The summed E-state index contributed by atoms with van der Waals surface area (Å²) >= 11 is 5.25. The Bertz CT molecular complexity index is 562. The number of aliphatic carboxylic acids is 1. The second kappa shape index (κ2) is 13.2. The molecule has 0 heterocycles. The lowest BCUT2D eigenvalue weighted by Crippen LogP contribution is -2.54. The number of thiol groups is 1. The summed E-state index contributed by atoms with van der Waals surface area (Å²) < 4.78 is 0. The molecule has 13 heteroatoms. The molecule has 0 aliphatic rings. The highest BCUT2D eigenvalue weighted by molar-refractivity contribution is 7.98. The van der Waals surface area contributed by atoms with E-state index in [-0.39, 0.29) is 18.6 Å². The second-order valence-corrected chi connectivity index (χ2v) is 6.83. The zero-order valence-electron chi connectivity index (χ0n) is 14.8. The molecule has 4 amide bonds. The molecule has 0 rings (SSSR count). The third-order valence-electron chi connectivity index (χ3n) is 3.24. The third-order valence-corrected chi connectivity index (χ3v) is 4.25. The van der Waals surface area contributed by atoms with Crippen molar-refractivity contribution >= 4 is 54.0 Å². The summed E-state index contributed by atoms with van der Waals surface area (Å²) in [6, 6.07) is -3.35. The van der Waals surface area contributed by atoms with Crippen LogP contribution in [-0.4, -0.2) is 77.1 Å². The highest BCUT2D eigenvalue weighted by Gasteiger charge is 2.25. The molecule has 8 N–H and O–H groups in total. The first-order valence-electron chi connectivity index (χ1n) is 7.86. The lowest BCUT2D eigenvalue weighted by Gasteiger charge is -2.20. The van der Waals surface area contributed by atoms with Crippen LogP contribution in [0, 0.1) is 0 Å². The lowest BCUT2D eigenvalue weighted by molar-refractivity contribution is -0.141. The van der Waals surface area contributed by atoms with Gasteiger partial charge in [0.05, 0.1) is 19.0 Å². The maximum absolute atomic E-state index is 12.2. The van der Waals surface area contributed by atoms with Gasteiger partial charge in [-0.3, -0.25) is 19.2 Å². The van der Waals surface area contributed by atoms with E-state index >= 15 is 0 Å². The summed E-state index contributed by atoms with van der Waals surface area (Å²) in [4.78, 5) is 57.6. The van der Waals surface area contributed by atoms with E-state index in [0.717, 1.165) is 0 Å². The number of hydrogen-bond donors (Lipinski definition) is 7. The minimum atomic E-state index is -1.25. The predicted octanol–water partition coefficient (Wildman–Crippen LogP) is -2.96. The van der Waals surface area contributed by atoms with Crippen LogP contribution < -0.4 is 27.4 Å². The number of carbonyl (C=O) groups excluding carboxylic acids is 4. The largest absolute Gasteiger partial charge is 0.480 e. The summed E-state index contributed by atoms with van der Waals surface area (Å²) in [5.41, 5.74) is 10.5. The second-order valence-electron chi connectivity index (χ2n) is 5.48. The molecule has 0 saturated carbocycles. The molecule has 154 valence electrons. The zero-order chi connectivity index (χ0) is 21.0. The maximum Gasteiger partial charge on any atom is 0.327 e. The quantitative estimate of drug-likeness (QED) is 0.153. The number of primary amides is 1. The smallest absolute Gasteiger partial charge is 0.327 e. The molecule has 0 bridgehead atoms. The number of carboxylic acids is 1. The van der Waals surface area contributed by atoms with Gasteiger partial charge in [-0.2, -0.15) is 24.4 Å². The van der Waals surface area contributed by atoms with E-state index in [9.17, 15) is 24.0 Å². The van der Waals surface area contributed by atoms with Gasteiger partial charge >= 0.3 is 5.97 Å². The highest BCUT2D eigenvalue weighted by atomic mass is 32.2. The van der Waals surface area contributed by atoms with Gasteiger partial charge in [0.15, 0.2) is 0 Å². The van der Waals surface area contributed by atoms with Gasteiger partial charge in [-0.1, -0.05) is 0 Å². The van der Waals surface area contributed by atoms with E-state index in [0.29, 0.717) is 5.75 Å². The minimum Gasteiger partial charge on any atom is -0.480 e. The highest BCUT2D eigenvalue weighted by Crippen LogP contribution is 2.02. The Kier molecular flexibility index (Phi) is 12.2. The monoisotopic (exact) mass is 423 g/mol. The Morgan fingerprint density at radius 1 is 1.11 bits per heavy atom. The van der Waals surface area contributed by atoms with Gasteiger partial charge in [-0.05, 0) is 18.4 Å². The molecule has 0 aliphatic heterocycles. The fourth-order valence-corrected chi connectivity index (χ4v) is 2.53. The van der Waals surface area contributed by atoms with E-state index in [1.807, 2.05) is 6.26 Å². The maximum atomic E-state index is 12.2. The fourth-order valence-electron chi connectivity index (χ4n) is 1.81. The summed E-state index contributed by atoms with van der Waals surface area (Å²) in [6.45, 7) is -0.477. The van der Waals surface area contributed by atoms with Crippen LogP contribution in [0.25, 0.3) is 0 Å². The normalized spacial score (nSPS) is 13.7. The summed E-state index contributed by atoms with van der Waals surface area (Å²) in [5.74, 6) is -3.66. The number of thioether (sulfide) groups is 1. The van der Waals surface area contributed by atoms with Crippen LogP contribution in [0.3, 0.4) is 0 Å². The number of amides is 4. The molecule has 3 atom stereocenters. The molecular weight excluding hydrogens is 398 g/mol. The van der Waals surface area contributed by atoms with Crippen LogP contribution in [0.1, 0.15) is 12.8 Å². The van der Waals surface area contributed by atoms with Crippen molar-refractivity contribution < 1.29 is 29.1 Å². The number of rotatable bonds is 13. The first-order chi connectivity index (χ1) is 12.6. The van der Waals surface area contributed by atoms with E-state index in [1.54, 1.807) is 0 Å². The van der Waals surface area contributed by atoms with Gasteiger partial charge in [-0.25, -0.2) is 4.79 Å². The van der Waals surface area contributed by atoms with E-state index in [1.165, 1.54) is 11.8 Å². The third kappa shape index (κ3) is 10.7. The topological polar surface area (TPSA) is 194 Å². The number of hydrogen-bond acceptors (Lipinski definition) is 8. The molecule has 0 aromatic carbocycles. The number of carboxylic acid groups (broad SMARTS) is 1. The van der Waals surface area contributed by atoms with Crippen molar-refractivity contribution in [2.75, 3.05) is 24.3 Å². The molecule has 0 aromatic rings. The number of carbonyl (C=O) groups is 5. The molecule has 0 aliphatic carbocycles. The van der Waals surface area contributed by atoms with Gasteiger partial charge in [0, 0.05) is 5.75 Å². The standard InChI is InChI=1S/C14H25N5O6S2/c1-27-3-2-8(19-12(22)7(15)4-10(16)20)13(23)17-5-11(21)18-9(6-26)14(24)25/h7-9,26H,2-6,15H2,1H3,(H2,16,20)(H,17,23)(H,18,21)(H,19,22)(H,24,25). The van der Waals surface area contributed by atoms with E-state index < -0.39 is 54.3 Å². The van der Waals surface area contributed by atoms with Gasteiger partial charge < -0.3 is 32.5 Å². The van der Waals surface area contributed by atoms with Crippen molar-refractivity contribution in [3.05, 3.63) is 0 Å². The molecule has 3 unspecified atom stereocenters. The Hall–Kier alpha value is -1.99. The number of nitrogens with one attached hydrogen (secondary N) is 3. The van der Waals surface area contributed by atoms with Crippen LogP contribution in [0.15, 0.2) is 0 Å². The molecule has 0 aromatic heterocycles. The average Bonchev–Trinajstić information content (AvgIpc) is 2.59. The van der Waals surface area contributed by atoms with Crippen molar-refractivity contribution in [3.63, 3.8) is 0 Å². The van der Waals surface area contributed by atoms with Gasteiger partial charge in [0.1, 0.15) is 12.1 Å². The zero-order valence-corrected chi connectivity index (χ0v) is 16.5. The lowest BCUT2D eigenvalue weighted by atomic mass is 10.1. The van der Waals surface area contributed by atoms with Crippen LogP contribution in [0.2, 0.25) is 0 Å². The number of nitrogens with two attached hydrogens (primary N) is 2. The van der Waals surface area contributed by atoms with Crippen molar-refractivity contribution in [1.82, 2.24) is 16.0 Å². The fraction of sp³-hybridized carbons (Fsp3) is 0.643. The summed E-state index contributed by atoms with van der Waals surface area (Å²) in [7, 11) is 0. The molecule has 27 heavy (non-hydrogen) atoms. The Labute approximate surface area is 166 Å². The first-order valence-corrected chi connectivity index (χ1v) is 9.88. The van der Waals surface area contributed by atoms with Crippen LogP contribution in [-0.2, 0) is 24.0 Å². The molecule has 11 nitrogen and oxygen atoms in total. The average molecular weight is 424 g/mol. The van der Waals surface area contributed by atoms with Gasteiger partial charge in [0.25, 0.3) is 0 Å². The van der Waals surface area contributed by atoms with Gasteiger partial charge in [0.2, 0.25) is 23.6 Å².